The Morgan fingerprint density at radius 1 is 1.50 bits per heavy atom. The minimum atomic E-state index is -4.54. The van der Waals surface area contributed by atoms with Gasteiger partial charge in [0.1, 0.15) is 0 Å². The van der Waals surface area contributed by atoms with Crippen molar-refractivity contribution in [2.75, 3.05) is 6.54 Å². The number of hydrogen-bond acceptors (Lipinski definition) is 2. The van der Waals surface area contributed by atoms with E-state index in [1.165, 1.54) is 11.6 Å². The second-order valence-corrected chi connectivity index (χ2v) is 5.26. The van der Waals surface area contributed by atoms with Crippen molar-refractivity contribution in [2.24, 2.45) is 0 Å². The molecule has 1 N–H and O–H groups in total. The third kappa shape index (κ3) is 3.45. The molecule has 1 aromatic rings. The van der Waals surface area contributed by atoms with Gasteiger partial charge in [0.15, 0.2) is 5.69 Å². The highest BCUT2D eigenvalue weighted by Gasteiger charge is 2.41. The van der Waals surface area contributed by atoms with Crippen molar-refractivity contribution in [2.45, 2.75) is 44.8 Å². The lowest BCUT2D eigenvalue weighted by Crippen LogP contribution is -2.22. The normalized spacial score (nSPS) is 15.4. The van der Waals surface area contributed by atoms with Gasteiger partial charge in [0.25, 0.3) is 0 Å². The Balaban J connectivity index is 2.13. The van der Waals surface area contributed by atoms with Crippen LogP contribution in [0.1, 0.15) is 43.5 Å². The molecule has 0 unspecified atom stereocenters. The summed E-state index contributed by atoms with van der Waals surface area (Å²) in [6, 6.07) is 0. The number of amides is 1. The van der Waals surface area contributed by atoms with Crippen LogP contribution in [0.3, 0.4) is 0 Å². The van der Waals surface area contributed by atoms with Crippen LogP contribution in [-0.4, -0.2) is 22.2 Å². The summed E-state index contributed by atoms with van der Waals surface area (Å²) in [7, 11) is 0. The van der Waals surface area contributed by atoms with Crippen LogP contribution in [0.4, 0.5) is 13.2 Å². The number of alkyl halides is 3. The molecule has 20 heavy (non-hydrogen) atoms. The minimum absolute atomic E-state index is 0.0758. The first-order valence-electron chi connectivity index (χ1n) is 6.38. The smallest absolute Gasteiger partial charge is 0.356 e. The molecule has 1 aromatic heterocycles. The average molecular weight is 310 g/mol. The zero-order valence-electron chi connectivity index (χ0n) is 10.9. The Morgan fingerprint density at radius 2 is 2.15 bits per heavy atom. The van der Waals surface area contributed by atoms with Crippen LogP contribution in [0.15, 0.2) is 0 Å². The van der Waals surface area contributed by atoms with Gasteiger partial charge in [0, 0.05) is 25.9 Å². The van der Waals surface area contributed by atoms with Crippen LogP contribution in [0.2, 0.25) is 5.02 Å². The summed E-state index contributed by atoms with van der Waals surface area (Å²) < 4.78 is 39.7. The molecule has 1 fully saturated rings. The fraction of sp³-hybridized carbons (Fsp3) is 0.667. The Bertz CT molecular complexity index is 509. The molecule has 1 amide bonds. The number of rotatable bonds is 5. The van der Waals surface area contributed by atoms with Gasteiger partial charge < -0.3 is 5.32 Å². The number of aryl methyl sites for hydroxylation is 1. The van der Waals surface area contributed by atoms with Crippen LogP contribution in [0.5, 0.6) is 0 Å². The Kier molecular flexibility index (Phi) is 4.27. The van der Waals surface area contributed by atoms with E-state index in [0.29, 0.717) is 25.2 Å². The zero-order chi connectivity index (χ0) is 14.9. The van der Waals surface area contributed by atoms with Gasteiger partial charge in [0.2, 0.25) is 5.91 Å². The monoisotopic (exact) mass is 309 g/mol. The summed E-state index contributed by atoms with van der Waals surface area (Å²) in [5, 5.41) is 5.92. The summed E-state index contributed by atoms with van der Waals surface area (Å²) >= 11 is 5.84. The summed E-state index contributed by atoms with van der Waals surface area (Å²) in [6.07, 6.45) is -2.35. The zero-order valence-corrected chi connectivity index (χ0v) is 11.7. The number of nitrogens with zero attached hydrogens (tertiary/aromatic N) is 2. The lowest BCUT2D eigenvalue weighted by molar-refractivity contribution is -0.141. The molecule has 4 nitrogen and oxygen atoms in total. The lowest BCUT2D eigenvalue weighted by Gasteiger charge is -2.07. The topological polar surface area (TPSA) is 46.9 Å². The number of hydrogen-bond donors (Lipinski definition) is 1. The van der Waals surface area contributed by atoms with Gasteiger partial charge in [-0.25, -0.2) is 0 Å². The molecule has 0 aliphatic heterocycles. The van der Waals surface area contributed by atoms with Crippen LogP contribution in [0, 0.1) is 0 Å². The second kappa shape index (κ2) is 5.63. The van der Waals surface area contributed by atoms with Crippen molar-refractivity contribution in [3.63, 3.8) is 0 Å². The highest BCUT2D eigenvalue weighted by Crippen LogP contribution is 2.46. The molecule has 0 bridgehead atoms. The maximum absolute atomic E-state index is 12.8. The van der Waals surface area contributed by atoms with Crippen molar-refractivity contribution >= 4 is 17.5 Å². The predicted octanol–water partition coefficient (Wildman–Crippen LogP) is 2.96. The van der Waals surface area contributed by atoms with E-state index in [-0.39, 0.29) is 16.8 Å². The molecule has 0 aromatic carbocycles. The Morgan fingerprint density at radius 3 is 2.65 bits per heavy atom. The van der Waals surface area contributed by atoms with Gasteiger partial charge in [-0.3, -0.25) is 9.48 Å². The predicted molar refractivity (Wildman–Crippen MR) is 67.5 cm³/mol. The SMILES string of the molecule is CC(=O)NCCCn1nc(C(F)(F)F)c(Cl)c1C1CC1. The van der Waals surface area contributed by atoms with E-state index in [9.17, 15) is 18.0 Å². The quantitative estimate of drug-likeness (QED) is 0.850. The molecule has 1 saturated carbocycles. The number of carbonyl (C=O) groups is 1. The van der Waals surface area contributed by atoms with Gasteiger partial charge in [-0.05, 0) is 19.3 Å². The van der Waals surface area contributed by atoms with Crippen LogP contribution in [0.25, 0.3) is 0 Å². The second-order valence-electron chi connectivity index (χ2n) is 4.88. The van der Waals surface area contributed by atoms with Crippen molar-refractivity contribution in [3.8, 4) is 0 Å². The first kappa shape index (κ1) is 15.2. The molecule has 1 heterocycles. The molecule has 0 saturated heterocycles. The van der Waals surface area contributed by atoms with Gasteiger partial charge >= 0.3 is 6.18 Å². The third-order valence-corrected chi connectivity index (χ3v) is 3.46. The van der Waals surface area contributed by atoms with E-state index >= 15 is 0 Å². The molecule has 0 atom stereocenters. The first-order valence-corrected chi connectivity index (χ1v) is 6.76. The number of halogens is 4. The van der Waals surface area contributed by atoms with E-state index < -0.39 is 11.9 Å². The molecular formula is C12H15ClF3N3O. The molecule has 2 rings (SSSR count). The highest BCUT2D eigenvalue weighted by molar-refractivity contribution is 6.32. The molecule has 1 aliphatic carbocycles. The van der Waals surface area contributed by atoms with Gasteiger partial charge in [-0.2, -0.15) is 18.3 Å². The van der Waals surface area contributed by atoms with Crippen molar-refractivity contribution in [3.05, 3.63) is 16.4 Å². The van der Waals surface area contributed by atoms with E-state index in [4.69, 9.17) is 11.6 Å². The van der Waals surface area contributed by atoms with E-state index in [2.05, 4.69) is 10.4 Å². The van der Waals surface area contributed by atoms with Crippen molar-refractivity contribution < 1.29 is 18.0 Å². The fourth-order valence-electron chi connectivity index (χ4n) is 2.04. The number of nitrogens with one attached hydrogen (secondary N) is 1. The Hall–Kier alpha value is -1.24. The molecule has 0 spiro atoms. The summed E-state index contributed by atoms with van der Waals surface area (Å²) in [5.74, 6) is -0.0891. The van der Waals surface area contributed by atoms with Gasteiger partial charge in [-0.1, -0.05) is 11.6 Å². The molecule has 112 valence electrons. The summed E-state index contributed by atoms with van der Waals surface area (Å²) in [5.41, 5.74) is -0.539. The molecule has 1 aliphatic rings. The minimum Gasteiger partial charge on any atom is -0.356 e. The van der Waals surface area contributed by atoms with Crippen LogP contribution < -0.4 is 5.32 Å². The maximum atomic E-state index is 12.8. The fourth-order valence-corrected chi connectivity index (χ4v) is 2.44. The van der Waals surface area contributed by atoms with Crippen molar-refractivity contribution in [1.82, 2.24) is 15.1 Å². The van der Waals surface area contributed by atoms with E-state index in [0.717, 1.165) is 12.8 Å². The largest absolute Gasteiger partial charge is 0.436 e. The average Bonchev–Trinajstić information content (AvgIpc) is 3.08. The number of aromatic nitrogens is 2. The summed E-state index contributed by atoms with van der Waals surface area (Å²) in [6.45, 7) is 2.10. The molecular weight excluding hydrogens is 295 g/mol. The highest BCUT2D eigenvalue weighted by atomic mass is 35.5. The standard InChI is InChI=1S/C12H15ClF3N3O/c1-7(20)17-5-2-6-19-10(8-3-4-8)9(13)11(18-19)12(14,15)16/h8H,2-6H2,1H3,(H,17,20). The van der Waals surface area contributed by atoms with Gasteiger partial charge in [0.05, 0.1) is 10.7 Å². The third-order valence-electron chi connectivity index (χ3n) is 3.08. The lowest BCUT2D eigenvalue weighted by atomic mass is 10.2. The number of carbonyl (C=O) groups excluding carboxylic acids is 1. The van der Waals surface area contributed by atoms with Crippen LogP contribution in [-0.2, 0) is 17.5 Å². The Labute approximate surface area is 119 Å². The van der Waals surface area contributed by atoms with Crippen molar-refractivity contribution in [1.29, 1.82) is 0 Å². The molecule has 8 heteroatoms. The summed E-state index contributed by atoms with van der Waals surface area (Å²) in [4.78, 5) is 10.7. The maximum Gasteiger partial charge on any atom is 0.436 e. The van der Waals surface area contributed by atoms with E-state index in [1.807, 2.05) is 0 Å². The first-order chi connectivity index (χ1) is 9.30. The van der Waals surface area contributed by atoms with E-state index in [1.54, 1.807) is 0 Å². The molecule has 0 radical (unpaired) electrons. The van der Waals surface area contributed by atoms with Crippen LogP contribution >= 0.6 is 11.6 Å². The van der Waals surface area contributed by atoms with Gasteiger partial charge in [-0.15, -0.1) is 0 Å².